The van der Waals surface area contributed by atoms with Gasteiger partial charge in [0, 0.05) is 6.54 Å². The number of nitrogens with one attached hydrogen (secondary N) is 1. The molecule has 3 nitrogen and oxygen atoms in total. The smallest absolute Gasteiger partial charge is 0.237 e. The Morgan fingerprint density at radius 1 is 1.62 bits per heavy atom. The lowest BCUT2D eigenvalue weighted by molar-refractivity contribution is -0.128. The lowest BCUT2D eigenvalue weighted by Gasteiger charge is -2.24. The maximum Gasteiger partial charge on any atom is 0.237 e. The van der Waals surface area contributed by atoms with Crippen LogP contribution >= 0.6 is 0 Å². The summed E-state index contributed by atoms with van der Waals surface area (Å²) in [5.74, 6) is 1.84. The molecule has 13 heavy (non-hydrogen) atoms. The first-order valence-electron chi connectivity index (χ1n) is 5.21. The molecule has 0 bridgehead atoms. The summed E-state index contributed by atoms with van der Waals surface area (Å²) < 4.78 is 0. The van der Waals surface area contributed by atoms with Crippen LogP contribution < -0.4 is 5.32 Å². The van der Waals surface area contributed by atoms with Gasteiger partial charge in [0.05, 0.1) is 12.7 Å². The molecule has 1 heterocycles. The zero-order valence-electron chi connectivity index (χ0n) is 8.42. The zero-order chi connectivity index (χ0) is 9.42. The number of nitrogens with zero attached hydrogens (tertiary/aromatic N) is 1. The SMILES string of the molecule is CC(CN1C(=O)CNC1C)C1CC1. The molecule has 2 rings (SSSR count). The van der Waals surface area contributed by atoms with Crippen LogP contribution in [0.1, 0.15) is 26.7 Å². The minimum atomic E-state index is 0.244. The topological polar surface area (TPSA) is 32.3 Å². The third-order valence-electron chi connectivity index (χ3n) is 3.25. The molecule has 3 heteroatoms. The van der Waals surface area contributed by atoms with Gasteiger partial charge in [-0.2, -0.15) is 0 Å². The Hall–Kier alpha value is -0.570. The first-order chi connectivity index (χ1) is 6.18. The van der Waals surface area contributed by atoms with E-state index < -0.39 is 0 Å². The average Bonchev–Trinajstić information content (AvgIpc) is 2.88. The van der Waals surface area contributed by atoms with Crippen LogP contribution in [0.15, 0.2) is 0 Å². The van der Waals surface area contributed by atoms with E-state index >= 15 is 0 Å². The number of carbonyl (C=O) groups excluding carboxylic acids is 1. The molecule has 1 aliphatic heterocycles. The molecule has 2 aliphatic rings. The molecule has 1 saturated carbocycles. The molecule has 74 valence electrons. The summed E-state index contributed by atoms with van der Waals surface area (Å²) >= 11 is 0. The van der Waals surface area contributed by atoms with E-state index in [9.17, 15) is 4.79 Å². The van der Waals surface area contributed by atoms with Gasteiger partial charge in [0.15, 0.2) is 0 Å². The molecule has 2 fully saturated rings. The molecule has 1 N–H and O–H groups in total. The third-order valence-corrected chi connectivity index (χ3v) is 3.25. The lowest BCUT2D eigenvalue weighted by atomic mass is 10.1. The van der Waals surface area contributed by atoms with E-state index in [1.165, 1.54) is 12.8 Å². The number of rotatable bonds is 3. The second-order valence-electron chi connectivity index (χ2n) is 4.42. The van der Waals surface area contributed by atoms with Gasteiger partial charge in [-0.25, -0.2) is 0 Å². The molecule has 0 aromatic rings. The van der Waals surface area contributed by atoms with Crippen LogP contribution in [0.25, 0.3) is 0 Å². The van der Waals surface area contributed by atoms with Gasteiger partial charge in [0.1, 0.15) is 0 Å². The van der Waals surface area contributed by atoms with Crippen molar-refractivity contribution in [3.63, 3.8) is 0 Å². The number of hydrogen-bond donors (Lipinski definition) is 1. The first kappa shape index (κ1) is 9.00. The van der Waals surface area contributed by atoms with Crippen molar-refractivity contribution in [1.29, 1.82) is 0 Å². The predicted octanol–water partition coefficient (Wildman–Crippen LogP) is 0.810. The van der Waals surface area contributed by atoms with E-state index in [-0.39, 0.29) is 12.1 Å². The molecular weight excluding hydrogens is 164 g/mol. The highest BCUT2D eigenvalue weighted by atomic mass is 16.2. The van der Waals surface area contributed by atoms with Gasteiger partial charge in [-0.05, 0) is 31.6 Å². The van der Waals surface area contributed by atoms with Gasteiger partial charge >= 0.3 is 0 Å². The van der Waals surface area contributed by atoms with Crippen molar-refractivity contribution in [1.82, 2.24) is 10.2 Å². The van der Waals surface area contributed by atoms with E-state index in [4.69, 9.17) is 0 Å². The van der Waals surface area contributed by atoms with Crippen molar-refractivity contribution < 1.29 is 4.79 Å². The zero-order valence-corrected chi connectivity index (χ0v) is 8.42. The minimum absolute atomic E-state index is 0.244. The predicted molar refractivity (Wildman–Crippen MR) is 51.1 cm³/mol. The first-order valence-corrected chi connectivity index (χ1v) is 5.21. The van der Waals surface area contributed by atoms with Crippen LogP contribution in [0.2, 0.25) is 0 Å². The maximum absolute atomic E-state index is 11.4. The Balaban J connectivity index is 1.88. The van der Waals surface area contributed by atoms with Crippen molar-refractivity contribution in [2.45, 2.75) is 32.9 Å². The lowest BCUT2D eigenvalue weighted by Crippen LogP contribution is -2.38. The third kappa shape index (κ3) is 1.85. The highest BCUT2D eigenvalue weighted by molar-refractivity contribution is 5.80. The number of hydrogen-bond acceptors (Lipinski definition) is 2. The van der Waals surface area contributed by atoms with Gasteiger partial charge in [-0.1, -0.05) is 6.92 Å². The van der Waals surface area contributed by atoms with Gasteiger partial charge < -0.3 is 4.90 Å². The van der Waals surface area contributed by atoms with Crippen molar-refractivity contribution in [3.8, 4) is 0 Å². The molecule has 2 unspecified atom stereocenters. The Morgan fingerprint density at radius 2 is 2.31 bits per heavy atom. The fourth-order valence-electron chi connectivity index (χ4n) is 2.05. The quantitative estimate of drug-likeness (QED) is 0.700. The monoisotopic (exact) mass is 182 g/mol. The molecule has 1 saturated heterocycles. The van der Waals surface area contributed by atoms with Crippen molar-refractivity contribution in [2.24, 2.45) is 11.8 Å². The standard InChI is InChI=1S/C10H18N2O/c1-7(9-3-4-9)6-12-8(2)11-5-10(12)13/h7-9,11H,3-6H2,1-2H3. The van der Waals surface area contributed by atoms with Gasteiger partial charge in [-0.3, -0.25) is 10.1 Å². The Bertz CT molecular complexity index is 213. The van der Waals surface area contributed by atoms with E-state index in [2.05, 4.69) is 19.2 Å². The molecular formula is C10H18N2O. The minimum Gasteiger partial charge on any atom is -0.326 e. The van der Waals surface area contributed by atoms with Crippen molar-refractivity contribution in [3.05, 3.63) is 0 Å². The highest BCUT2D eigenvalue weighted by Crippen LogP contribution is 2.37. The van der Waals surface area contributed by atoms with Crippen LogP contribution in [-0.4, -0.2) is 30.1 Å². The summed E-state index contributed by atoms with van der Waals surface area (Å²) in [7, 11) is 0. The molecule has 0 aromatic carbocycles. The second kappa shape index (κ2) is 3.29. The van der Waals surface area contributed by atoms with Crippen LogP contribution in [0.4, 0.5) is 0 Å². The van der Waals surface area contributed by atoms with Gasteiger partial charge in [0.25, 0.3) is 0 Å². The van der Waals surface area contributed by atoms with E-state index in [1.54, 1.807) is 0 Å². The summed E-state index contributed by atoms with van der Waals surface area (Å²) in [6.45, 7) is 5.79. The normalized spacial score (nSPS) is 31.1. The van der Waals surface area contributed by atoms with Crippen LogP contribution in [0, 0.1) is 11.8 Å². The summed E-state index contributed by atoms with van der Waals surface area (Å²) in [6, 6.07) is 0. The number of amides is 1. The fourth-order valence-corrected chi connectivity index (χ4v) is 2.05. The Kier molecular flexibility index (Phi) is 2.28. The van der Waals surface area contributed by atoms with Gasteiger partial charge in [0.2, 0.25) is 5.91 Å². The molecule has 0 radical (unpaired) electrons. The summed E-state index contributed by atoms with van der Waals surface area (Å²) in [5.41, 5.74) is 0. The molecule has 1 amide bonds. The summed E-state index contributed by atoms with van der Waals surface area (Å²) in [4.78, 5) is 13.4. The fraction of sp³-hybridized carbons (Fsp3) is 0.900. The Labute approximate surface area is 79.5 Å². The van der Waals surface area contributed by atoms with Crippen LogP contribution in [0.3, 0.4) is 0 Å². The summed E-state index contributed by atoms with van der Waals surface area (Å²) in [6.07, 6.45) is 2.98. The van der Waals surface area contributed by atoms with Gasteiger partial charge in [-0.15, -0.1) is 0 Å². The van der Waals surface area contributed by atoms with E-state index in [1.807, 2.05) is 4.90 Å². The molecule has 2 atom stereocenters. The summed E-state index contributed by atoms with van der Waals surface area (Å²) in [5, 5.41) is 3.16. The second-order valence-corrected chi connectivity index (χ2v) is 4.42. The van der Waals surface area contributed by atoms with Crippen LogP contribution in [-0.2, 0) is 4.79 Å². The number of carbonyl (C=O) groups is 1. The van der Waals surface area contributed by atoms with Crippen molar-refractivity contribution >= 4 is 5.91 Å². The molecule has 0 spiro atoms. The van der Waals surface area contributed by atoms with E-state index in [0.29, 0.717) is 12.5 Å². The maximum atomic E-state index is 11.4. The largest absolute Gasteiger partial charge is 0.326 e. The van der Waals surface area contributed by atoms with Crippen molar-refractivity contribution in [2.75, 3.05) is 13.1 Å². The molecule has 0 aromatic heterocycles. The van der Waals surface area contributed by atoms with Crippen LogP contribution in [0.5, 0.6) is 0 Å². The van der Waals surface area contributed by atoms with E-state index in [0.717, 1.165) is 12.5 Å². The molecule has 1 aliphatic carbocycles. The average molecular weight is 182 g/mol. The highest BCUT2D eigenvalue weighted by Gasteiger charge is 2.33. The Morgan fingerprint density at radius 3 is 2.77 bits per heavy atom.